The molecule has 6 nitrogen and oxygen atoms in total. The van der Waals surface area contributed by atoms with Crippen molar-refractivity contribution in [3.63, 3.8) is 0 Å². The van der Waals surface area contributed by atoms with Gasteiger partial charge in [-0.05, 0) is 61.6 Å². The molecule has 0 radical (unpaired) electrons. The molecule has 1 aromatic heterocycles. The number of ether oxygens (including phenoxy) is 1. The van der Waals surface area contributed by atoms with Gasteiger partial charge in [-0.2, -0.15) is 5.10 Å². The van der Waals surface area contributed by atoms with Gasteiger partial charge in [-0.3, -0.25) is 9.89 Å². The number of unbranched alkanes of at least 4 members (excludes halogenated alkanes) is 2. The van der Waals surface area contributed by atoms with Crippen LogP contribution in [0.5, 0.6) is 11.5 Å². The van der Waals surface area contributed by atoms with E-state index in [0.29, 0.717) is 30.1 Å². The summed E-state index contributed by atoms with van der Waals surface area (Å²) in [7, 11) is 0. The predicted molar refractivity (Wildman–Crippen MR) is 130 cm³/mol. The van der Waals surface area contributed by atoms with Gasteiger partial charge in [0.1, 0.15) is 22.9 Å². The highest BCUT2D eigenvalue weighted by Gasteiger charge is 2.42. The van der Waals surface area contributed by atoms with Crippen molar-refractivity contribution in [3.05, 3.63) is 64.3 Å². The van der Waals surface area contributed by atoms with Gasteiger partial charge in [0.2, 0.25) is 0 Å². The Bertz CT molecular complexity index is 1130. The Morgan fingerprint density at radius 1 is 1.09 bits per heavy atom. The zero-order valence-corrected chi connectivity index (χ0v) is 19.9. The maximum absolute atomic E-state index is 13.4. The molecule has 4 rings (SSSR count). The molecule has 2 aromatic carbocycles. The fraction of sp³-hybridized carbons (Fsp3) is 0.407. The molecule has 0 bridgehead atoms. The van der Waals surface area contributed by atoms with Crippen molar-refractivity contribution in [1.29, 1.82) is 0 Å². The average molecular weight is 448 g/mol. The molecule has 33 heavy (non-hydrogen) atoms. The largest absolute Gasteiger partial charge is 0.507 e. The van der Waals surface area contributed by atoms with Crippen LogP contribution >= 0.6 is 0 Å². The van der Waals surface area contributed by atoms with Gasteiger partial charge in [-0.25, -0.2) is 0 Å². The van der Waals surface area contributed by atoms with Gasteiger partial charge in [0.25, 0.3) is 5.91 Å². The normalized spacial score (nSPS) is 15.2. The molecule has 2 heterocycles. The van der Waals surface area contributed by atoms with Crippen molar-refractivity contribution in [2.45, 2.75) is 59.4 Å². The summed E-state index contributed by atoms with van der Waals surface area (Å²) < 4.78 is 5.76. The Labute approximate surface area is 195 Å². The van der Waals surface area contributed by atoms with E-state index in [4.69, 9.17) is 4.74 Å². The fourth-order valence-electron chi connectivity index (χ4n) is 4.62. The van der Waals surface area contributed by atoms with Gasteiger partial charge in [0, 0.05) is 17.7 Å². The van der Waals surface area contributed by atoms with E-state index in [1.54, 1.807) is 0 Å². The Morgan fingerprint density at radius 2 is 1.85 bits per heavy atom. The van der Waals surface area contributed by atoms with Crippen LogP contribution in [0, 0.1) is 13.8 Å². The molecular weight excluding hydrogens is 414 g/mol. The van der Waals surface area contributed by atoms with Crippen molar-refractivity contribution < 1.29 is 14.6 Å². The minimum atomic E-state index is -0.265. The Morgan fingerprint density at radius 3 is 2.55 bits per heavy atom. The molecule has 0 fully saturated rings. The highest BCUT2D eigenvalue weighted by molar-refractivity contribution is 6.00. The molecule has 0 spiro atoms. The summed E-state index contributed by atoms with van der Waals surface area (Å²) in [5, 5.41) is 18.3. The van der Waals surface area contributed by atoms with Crippen LogP contribution in [0.4, 0.5) is 0 Å². The number of benzene rings is 2. The van der Waals surface area contributed by atoms with Crippen molar-refractivity contribution in [2.24, 2.45) is 0 Å². The number of nitrogens with zero attached hydrogens (tertiary/aromatic N) is 2. The van der Waals surface area contributed by atoms with Crippen molar-refractivity contribution >= 4 is 5.91 Å². The number of fused-ring (bicyclic) bond motifs is 1. The van der Waals surface area contributed by atoms with Crippen LogP contribution in [0.15, 0.2) is 36.4 Å². The molecule has 1 amide bonds. The summed E-state index contributed by atoms with van der Waals surface area (Å²) >= 11 is 0. The Hall–Kier alpha value is -3.28. The molecule has 0 aliphatic carbocycles. The standard InChI is InChI=1S/C27H33N3O3/c1-5-7-8-13-30-25(19-9-11-20(12-10-19)33-14-6-2)22-23(28-29-24(22)27(30)32)21-16-17(3)15-18(4)26(21)31/h9-12,15-16,25,31H,5-8,13-14H2,1-4H3,(H,28,29). The molecule has 174 valence electrons. The molecule has 0 saturated heterocycles. The molecule has 6 heteroatoms. The van der Waals surface area contributed by atoms with E-state index < -0.39 is 0 Å². The van der Waals surface area contributed by atoms with Crippen LogP contribution in [0.1, 0.15) is 78.3 Å². The van der Waals surface area contributed by atoms with Gasteiger partial charge in [0.15, 0.2) is 0 Å². The fourth-order valence-corrected chi connectivity index (χ4v) is 4.62. The van der Waals surface area contributed by atoms with Crippen LogP contribution in [0.25, 0.3) is 11.3 Å². The molecule has 3 aromatic rings. The molecule has 2 N–H and O–H groups in total. The van der Waals surface area contributed by atoms with Crippen LogP contribution in [-0.4, -0.2) is 39.3 Å². The highest BCUT2D eigenvalue weighted by atomic mass is 16.5. The average Bonchev–Trinajstić information content (AvgIpc) is 3.34. The van der Waals surface area contributed by atoms with E-state index in [0.717, 1.165) is 53.7 Å². The zero-order valence-electron chi connectivity index (χ0n) is 19.9. The number of hydrogen-bond donors (Lipinski definition) is 2. The van der Waals surface area contributed by atoms with Gasteiger partial charge in [-0.1, -0.05) is 44.9 Å². The zero-order chi connectivity index (χ0) is 23.5. The van der Waals surface area contributed by atoms with E-state index in [2.05, 4.69) is 24.0 Å². The topological polar surface area (TPSA) is 78.5 Å². The number of aromatic hydroxyl groups is 1. The quantitative estimate of drug-likeness (QED) is 0.399. The number of aromatic nitrogens is 2. The summed E-state index contributed by atoms with van der Waals surface area (Å²) in [6.07, 6.45) is 4.05. The lowest BCUT2D eigenvalue weighted by molar-refractivity contribution is 0.0740. The third-order valence-electron chi connectivity index (χ3n) is 6.24. The van der Waals surface area contributed by atoms with Crippen molar-refractivity contribution in [3.8, 4) is 22.8 Å². The van der Waals surface area contributed by atoms with Crippen LogP contribution < -0.4 is 4.74 Å². The second kappa shape index (κ2) is 9.69. The Balaban J connectivity index is 1.80. The Kier molecular flexibility index (Phi) is 6.72. The molecule has 1 unspecified atom stereocenters. The number of carbonyl (C=O) groups excluding carboxylic acids is 1. The molecule has 0 saturated carbocycles. The minimum Gasteiger partial charge on any atom is -0.507 e. The molecular formula is C27H33N3O3. The lowest BCUT2D eigenvalue weighted by Gasteiger charge is -2.26. The molecule has 1 atom stereocenters. The number of aryl methyl sites for hydroxylation is 2. The highest BCUT2D eigenvalue weighted by Crippen LogP contribution is 2.45. The number of carbonyl (C=O) groups is 1. The lowest BCUT2D eigenvalue weighted by Crippen LogP contribution is -2.30. The summed E-state index contributed by atoms with van der Waals surface area (Å²) in [4.78, 5) is 15.3. The summed E-state index contributed by atoms with van der Waals surface area (Å²) in [5.74, 6) is 0.982. The van der Waals surface area contributed by atoms with E-state index in [-0.39, 0.29) is 17.7 Å². The number of hydrogen-bond acceptors (Lipinski definition) is 4. The third kappa shape index (κ3) is 4.34. The smallest absolute Gasteiger partial charge is 0.273 e. The van der Waals surface area contributed by atoms with Crippen LogP contribution in [0.2, 0.25) is 0 Å². The van der Waals surface area contributed by atoms with Crippen molar-refractivity contribution in [1.82, 2.24) is 15.1 Å². The van der Waals surface area contributed by atoms with Gasteiger partial charge in [0.05, 0.1) is 12.6 Å². The van der Waals surface area contributed by atoms with E-state index in [9.17, 15) is 9.90 Å². The number of aromatic amines is 1. The number of phenolic OH excluding ortho intramolecular Hbond substituents is 1. The first-order chi connectivity index (χ1) is 16.0. The number of H-pyrrole nitrogens is 1. The first-order valence-electron chi connectivity index (χ1n) is 11.9. The SMILES string of the molecule is CCCCCN1C(=O)c2[nH]nc(-c3cc(C)cc(C)c3O)c2C1c1ccc(OCCC)cc1. The number of nitrogens with one attached hydrogen (secondary N) is 1. The predicted octanol–water partition coefficient (Wildman–Crippen LogP) is 5.92. The number of amides is 1. The van der Waals surface area contributed by atoms with E-state index >= 15 is 0 Å². The number of phenols is 1. The van der Waals surface area contributed by atoms with Crippen molar-refractivity contribution in [2.75, 3.05) is 13.2 Å². The van der Waals surface area contributed by atoms with Crippen LogP contribution in [-0.2, 0) is 0 Å². The summed E-state index contributed by atoms with van der Waals surface area (Å²) in [6.45, 7) is 9.46. The summed E-state index contributed by atoms with van der Waals surface area (Å²) in [6, 6.07) is 11.6. The lowest BCUT2D eigenvalue weighted by atomic mass is 9.94. The van der Waals surface area contributed by atoms with Gasteiger partial charge >= 0.3 is 0 Å². The first kappa shape index (κ1) is 22.9. The maximum Gasteiger partial charge on any atom is 0.273 e. The van der Waals surface area contributed by atoms with E-state index in [1.807, 2.05) is 55.1 Å². The molecule has 1 aliphatic heterocycles. The van der Waals surface area contributed by atoms with Gasteiger partial charge < -0.3 is 14.7 Å². The summed E-state index contributed by atoms with van der Waals surface area (Å²) in [5.41, 5.74) is 5.47. The van der Waals surface area contributed by atoms with Gasteiger partial charge in [-0.15, -0.1) is 0 Å². The second-order valence-corrected chi connectivity index (χ2v) is 8.86. The minimum absolute atomic E-state index is 0.0416. The monoisotopic (exact) mass is 447 g/mol. The number of rotatable bonds is 9. The van der Waals surface area contributed by atoms with E-state index in [1.165, 1.54) is 0 Å². The third-order valence-corrected chi connectivity index (χ3v) is 6.24. The second-order valence-electron chi connectivity index (χ2n) is 8.86. The first-order valence-corrected chi connectivity index (χ1v) is 11.9. The van der Waals surface area contributed by atoms with Crippen LogP contribution in [0.3, 0.4) is 0 Å². The maximum atomic E-state index is 13.4. The molecule has 1 aliphatic rings.